The lowest BCUT2D eigenvalue weighted by atomic mass is 10.2. The Kier molecular flexibility index (Phi) is 6.41. The van der Waals surface area contributed by atoms with Crippen LogP contribution in [0.3, 0.4) is 0 Å². The van der Waals surface area contributed by atoms with E-state index in [0.717, 1.165) is 28.0 Å². The van der Waals surface area contributed by atoms with Gasteiger partial charge in [-0.2, -0.15) is 0 Å². The van der Waals surface area contributed by atoms with Gasteiger partial charge in [-0.25, -0.2) is 4.39 Å². The van der Waals surface area contributed by atoms with Crippen LogP contribution in [0.4, 0.5) is 14.9 Å². The monoisotopic (exact) mass is 490 g/mol. The maximum Gasteiger partial charge on any atom is 0.294 e. The van der Waals surface area contributed by atoms with E-state index in [4.69, 9.17) is 0 Å². The predicted molar refractivity (Wildman–Crippen MR) is 134 cm³/mol. The first-order valence-electron chi connectivity index (χ1n) is 11.3. The third-order valence-electron chi connectivity index (χ3n) is 6.08. The van der Waals surface area contributed by atoms with Crippen molar-refractivity contribution < 1.29 is 18.8 Å². The van der Waals surface area contributed by atoms with Gasteiger partial charge in [0.15, 0.2) is 0 Å². The van der Waals surface area contributed by atoms with Crippen LogP contribution in [0.1, 0.15) is 5.69 Å². The molecule has 0 bridgehead atoms. The van der Waals surface area contributed by atoms with Gasteiger partial charge in [0.25, 0.3) is 11.1 Å². The molecule has 178 valence electrons. The number of thioether (sulfide) groups is 1. The number of piperazine rings is 1. The normalized spacial score (nSPS) is 17.5. The third kappa shape index (κ3) is 4.85. The Morgan fingerprint density at radius 1 is 0.886 bits per heavy atom. The third-order valence-corrected chi connectivity index (χ3v) is 6.99. The number of para-hydroxylation sites is 1. The van der Waals surface area contributed by atoms with Gasteiger partial charge in [0.2, 0.25) is 5.91 Å². The molecule has 35 heavy (non-hydrogen) atoms. The molecule has 2 aliphatic heterocycles. The van der Waals surface area contributed by atoms with Crippen molar-refractivity contribution in [2.75, 3.05) is 37.6 Å². The van der Waals surface area contributed by atoms with Gasteiger partial charge in [-0.15, -0.1) is 0 Å². The van der Waals surface area contributed by atoms with Crippen molar-refractivity contribution in [3.05, 3.63) is 89.3 Å². The highest BCUT2D eigenvalue weighted by Gasteiger charge is 2.37. The number of nitrogens with zero attached hydrogens (tertiary/aromatic N) is 4. The summed E-state index contributed by atoms with van der Waals surface area (Å²) in [6.07, 6.45) is 3.42. The summed E-state index contributed by atoms with van der Waals surface area (Å²) in [5.41, 5.74) is 2.51. The molecule has 3 amide bonds. The zero-order valence-corrected chi connectivity index (χ0v) is 19.7. The molecule has 2 saturated heterocycles. The second-order valence-electron chi connectivity index (χ2n) is 8.25. The van der Waals surface area contributed by atoms with Crippen molar-refractivity contribution in [3.63, 3.8) is 0 Å². The Balaban J connectivity index is 1.24. The van der Waals surface area contributed by atoms with Gasteiger partial charge >= 0.3 is 0 Å². The second kappa shape index (κ2) is 9.79. The van der Waals surface area contributed by atoms with Gasteiger partial charge in [-0.05, 0) is 66.4 Å². The van der Waals surface area contributed by atoms with Crippen LogP contribution in [0, 0.1) is 5.82 Å². The van der Waals surface area contributed by atoms with Crippen LogP contribution in [-0.2, 0) is 9.59 Å². The molecular weight excluding hydrogens is 467 g/mol. The van der Waals surface area contributed by atoms with Gasteiger partial charge in [0.05, 0.1) is 4.91 Å². The fraction of sp³-hybridized carbons (Fsp3) is 0.192. The van der Waals surface area contributed by atoms with E-state index in [-0.39, 0.29) is 23.2 Å². The largest absolute Gasteiger partial charge is 0.368 e. The molecule has 3 aromatic rings. The summed E-state index contributed by atoms with van der Waals surface area (Å²) in [6.45, 7) is 2.18. The number of imide groups is 1. The topological polar surface area (TPSA) is 65.9 Å². The van der Waals surface area contributed by atoms with Crippen molar-refractivity contribution >= 4 is 40.6 Å². The summed E-state index contributed by atoms with van der Waals surface area (Å²) < 4.78 is 15.1. The average Bonchev–Trinajstić information content (AvgIpc) is 3.45. The summed E-state index contributed by atoms with van der Waals surface area (Å²) in [7, 11) is 0. The molecule has 0 saturated carbocycles. The lowest BCUT2D eigenvalue weighted by Crippen LogP contribution is -2.51. The minimum atomic E-state index is -0.483. The molecular formula is C26H23FN4O3S. The lowest BCUT2D eigenvalue weighted by Gasteiger charge is -2.36. The smallest absolute Gasteiger partial charge is 0.294 e. The highest BCUT2D eigenvalue weighted by Crippen LogP contribution is 2.32. The number of hydrogen-bond acceptors (Lipinski definition) is 5. The van der Waals surface area contributed by atoms with Crippen LogP contribution in [0.25, 0.3) is 11.8 Å². The van der Waals surface area contributed by atoms with E-state index in [1.165, 1.54) is 12.1 Å². The van der Waals surface area contributed by atoms with Crippen molar-refractivity contribution in [2.24, 2.45) is 0 Å². The maximum absolute atomic E-state index is 13.3. The molecule has 2 fully saturated rings. The van der Waals surface area contributed by atoms with Crippen molar-refractivity contribution in [3.8, 4) is 5.69 Å². The molecule has 0 aliphatic carbocycles. The number of carbonyl (C=O) groups excluding carboxylic acids is 3. The number of amides is 3. The average molecular weight is 491 g/mol. The Morgan fingerprint density at radius 2 is 1.60 bits per heavy atom. The van der Waals surface area contributed by atoms with E-state index in [9.17, 15) is 18.8 Å². The molecule has 9 heteroatoms. The number of rotatable bonds is 5. The van der Waals surface area contributed by atoms with Gasteiger partial charge < -0.3 is 14.4 Å². The van der Waals surface area contributed by atoms with Crippen LogP contribution in [0.5, 0.6) is 0 Å². The first-order valence-corrected chi connectivity index (χ1v) is 12.1. The van der Waals surface area contributed by atoms with Gasteiger partial charge in [-0.3, -0.25) is 19.3 Å². The van der Waals surface area contributed by atoms with Crippen LogP contribution in [0.2, 0.25) is 0 Å². The molecule has 0 N–H and O–H groups in total. The summed E-state index contributed by atoms with van der Waals surface area (Å²) in [6, 6.07) is 19.6. The summed E-state index contributed by atoms with van der Waals surface area (Å²) in [4.78, 5) is 43.6. The fourth-order valence-electron chi connectivity index (χ4n) is 4.21. The van der Waals surface area contributed by atoms with Crippen LogP contribution in [0.15, 0.2) is 77.8 Å². The van der Waals surface area contributed by atoms with Gasteiger partial charge in [0.1, 0.15) is 12.4 Å². The minimum absolute atomic E-state index is 0.240. The van der Waals surface area contributed by atoms with Gasteiger partial charge in [0, 0.05) is 49.4 Å². The zero-order chi connectivity index (χ0) is 24.4. The quantitative estimate of drug-likeness (QED) is 0.506. The van der Waals surface area contributed by atoms with Crippen molar-refractivity contribution in [1.82, 2.24) is 14.4 Å². The Labute approximate surface area is 206 Å². The van der Waals surface area contributed by atoms with E-state index in [2.05, 4.69) is 4.90 Å². The van der Waals surface area contributed by atoms with E-state index in [0.29, 0.717) is 31.9 Å². The minimum Gasteiger partial charge on any atom is -0.368 e. The number of anilines is 1. The van der Waals surface area contributed by atoms with Crippen LogP contribution in [-0.4, -0.2) is 64.1 Å². The molecule has 7 nitrogen and oxygen atoms in total. The predicted octanol–water partition coefficient (Wildman–Crippen LogP) is 4.00. The van der Waals surface area contributed by atoms with E-state index < -0.39 is 11.1 Å². The van der Waals surface area contributed by atoms with Crippen molar-refractivity contribution in [1.29, 1.82) is 0 Å². The molecule has 3 heterocycles. The highest BCUT2D eigenvalue weighted by atomic mass is 32.2. The van der Waals surface area contributed by atoms with Crippen LogP contribution < -0.4 is 4.90 Å². The van der Waals surface area contributed by atoms with Gasteiger partial charge in [-0.1, -0.05) is 18.2 Å². The summed E-state index contributed by atoms with van der Waals surface area (Å²) >= 11 is 0.819. The van der Waals surface area contributed by atoms with Crippen LogP contribution >= 0.6 is 11.8 Å². The number of halogens is 1. The molecule has 1 aromatic heterocycles. The number of carbonyl (C=O) groups is 3. The Hall–Kier alpha value is -3.85. The first kappa shape index (κ1) is 22.9. The SMILES string of the molecule is O=C(CN1C(=O)SC(=Cc2cccn2-c2ccc(F)cc2)C1=O)N1CCN(c2ccccc2)CC1. The Morgan fingerprint density at radius 3 is 2.31 bits per heavy atom. The second-order valence-corrected chi connectivity index (χ2v) is 9.24. The molecule has 2 aliphatic rings. The summed E-state index contributed by atoms with van der Waals surface area (Å²) in [5.74, 6) is -1.06. The van der Waals surface area contributed by atoms with E-state index in [1.807, 2.05) is 30.3 Å². The first-order chi connectivity index (χ1) is 17.0. The standard InChI is InChI=1S/C26H23FN4O3S/c27-19-8-10-21(11-9-19)30-12-4-7-22(30)17-23-25(33)31(26(34)35-23)18-24(32)29-15-13-28(14-16-29)20-5-2-1-3-6-20/h1-12,17H,13-16,18H2. The van der Waals surface area contributed by atoms with Crippen molar-refractivity contribution in [2.45, 2.75) is 0 Å². The molecule has 0 radical (unpaired) electrons. The Bertz CT molecular complexity index is 1280. The lowest BCUT2D eigenvalue weighted by molar-refractivity contribution is -0.136. The maximum atomic E-state index is 13.3. The number of benzene rings is 2. The number of aromatic nitrogens is 1. The molecule has 0 unspecified atom stereocenters. The van der Waals surface area contributed by atoms with E-state index in [1.54, 1.807) is 46.0 Å². The fourth-order valence-corrected chi connectivity index (χ4v) is 5.03. The molecule has 5 rings (SSSR count). The molecule has 2 aromatic carbocycles. The number of hydrogen-bond donors (Lipinski definition) is 0. The zero-order valence-electron chi connectivity index (χ0n) is 18.8. The highest BCUT2D eigenvalue weighted by molar-refractivity contribution is 8.18. The molecule has 0 spiro atoms. The molecule has 0 atom stereocenters. The summed E-state index contributed by atoms with van der Waals surface area (Å²) in [5, 5.41) is -0.461. The van der Waals surface area contributed by atoms with E-state index >= 15 is 0 Å².